The highest BCUT2D eigenvalue weighted by molar-refractivity contribution is 9.10. The number of rotatable bonds is 2. The van der Waals surface area contributed by atoms with Crippen LogP contribution in [0.2, 0.25) is 5.02 Å². The molecule has 17 heavy (non-hydrogen) atoms. The van der Waals surface area contributed by atoms with E-state index in [1.54, 1.807) is 11.3 Å². The van der Waals surface area contributed by atoms with Crippen LogP contribution in [0.15, 0.2) is 28.7 Å². The van der Waals surface area contributed by atoms with Gasteiger partial charge in [0.05, 0.1) is 10.4 Å². The molecule has 0 radical (unpaired) electrons. The van der Waals surface area contributed by atoms with E-state index in [4.69, 9.17) is 23.2 Å². The topological polar surface area (TPSA) is 0 Å². The molecular formula is C13H11BrCl2S. The number of hydrogen-bond donors (Lipinski definition) is 0. The molecule has 2 aromatic rings. The second-order valence-electron chi connectivity index (χ2n) is 3.91. The van der Waals surface area contributed by atoms with Gasteiger partial charge in [0.25, 0.3) is 0 Å². The van der Waals surface area contributed by atoms with Crippen molar-refractivity contribution in [2.24, 2.45) is 0 Å². The number of halogens is 3. The molecule has 0 fully saturated rings. The molecule has 0 amide bonds. The van der Waals surface area contributed by atoms with Crippen LogP contribution in [0.4, 0.5) is 0 Å². The number of alkyl halides is 1. The van der Waals surface area contributed by atoms with E-state index in [0.29, 0.717) is 5.02 Å². The second kappa shape index (κ2) is 5.31. The molecule has 4 heteroatoms. The third kappa shape index (κ3) is 2.70. The minimum Gasteiger partial charge on any atom is -0.143 e. The minimum atomic E-state index is -0.182. The van der Waals surface area contributed by atoms with Gasteiger partial charge < -0.3 is 0 Å². The second-order valence-corrected chi connectivity index (χ2v) is 6.87. The van der Waals surface area contributed by atoms with Crippen molar-refractivity contribution in [3.05, 3.63) is 54.6 Å². The Morgan fingerprint density at radius 3 is 2.59 bits per heavy atom. The van der Waals surface area contributed by atoms with Gasteiger partial charge in [-0.05, 0) is 53.0 Å². The molecule has 0 aliphatic carbocycles. The zero-order valence-electron chi connectivity index (χ0n) is 9.43. The van der Waals surface area contributed by atoms with Crippen LogP contribution < -0.4 is 0 Å². The van der Waals surface area contributed by atoms with Gasteiger partial charge in [-0.15, -0.1) is 22.9 Å². The largest absolute Gasteiger partial charge is 0.143 e. The van der Waals surface area contributed by atoms with E-state index >= 15 is 0 Å². The Kier molecular flexibility index (Phi) is 4.19. The summed E-state index contributed by atoms with van der Waals surface area (Å²) in [5.74, 6) is 0. The Morgan fingerprint density at radius 1 is 1.29 bits per heavy atom. The monoisotopic (exact) mass is 348 g/mol. The van der Waals surface area contributed by atoms with Gasteiger partial charge in [-0.2, -0.15) is 0 Å². The summed E-state index contributed by atoms with van der Waals surface area (Å²) in [5, 5.41) is 0.511. The fraction of sp³-hybridized carbons (Fsp3) is 0.231. The lowest BCUT2D eigenvalue weighted by atomic mass is 10.1. The van der Waals surface area contributed by atoms with Crippen LogP contribution in [0.25, 0.3) is 0 Å². The molecule has 0 aliphatic rings. The van der Waals surface area contributed by atoms with E-state index < -0.39 is 0 Å². The van der Waals surface area contributed by atoms with E-state index in [1.807, 2.05) is 18.2 Å². The number of aryl methyl sites for hydroxylation is 2. The van der Waals surface area contributed by atoms with Gasteiger partial charge in [0.2, 0.25) is 0 Å². The van der Waals surface area contributed by atoms with Gasteiger partial charge >= 0.3 is 0 Å². The molecule has 1 unspecified atom stereocenters. The van der Waals surface area contributed by atoms with Gasteiger partial charge in [-0.3, -0.25) is 0 Å². The summed E-state index contributed by atoms with van der Waals surface area (Å²) in [4.78, 5) is 2.44. The summed E-state index contributed by atoms with van der Waals surface area (Å²) in [6, 6.07) is 8.00. The van der Waals surface area contributed by atoms with Crippen molar-refractivity contribution in [2.45, 2.75) is 19.2 Å². The fourth-order valence-electron chi connectivity index (χ4n) is 1.77. The SMILES string of the molecule is Cc1cc(C)c(C(Cl)c2cccc(Br)c2Cl)s1. The Labute approximate surface area is 124 Å². The molecule has 0 saturated heterocycles. The van der Waals surface area contributed by atoms with Crippen LogP contribution >= 0.6 is 50.5 Å². The maximum atomic E-state index is 6.53. The summed E-state index contributed by atoms with van der Waals surface area (Å²) in [5.41, 5.74) is 2.18. The molecule has 1 atom stereocenters. The summed E-state index contributed by atoms with van der Waals surface area (Å²) in [7, 11) is 0. The van der Waals surface area contributed by atoms with E-state index in [9.17, 15) is 0 Å². The van der Waals surface area contributed by atoms with Crippen LogP contribution in [0.5, 0.6) is 0 Å². The van der Waals surface area contributed by atoms with Gasteiger partial charge in [0.15, 0.2) is 0 Å². The molecule has 0 nitrogen and oxygen atoms in total. The molecule has 1 heterocycles. The Morgan fingerprint density at radius 2 is 2.00 bits per heavy atom. The average Bonchev–Trinajstić information content (AvgIpc) is 2.61. The van der Waals surface area contributed by atoms with Crippen molar-refractivity contribution in [3.63, 3.8) is 0 Å². The third-order valence-electron chi connectivity index (χ3n) is 2.56. The zero-order valence-corrected chi connectivity index (χ0v) is 13.3. The summed E-state index contributed by atoms with van der Waals surface area (Å²) in [6.07, 6.45) is 0. The van der Waals surface area contributed by atoms with Gasteiger partial charge in [-0.1, -0.05) is 23.7 Å². The first-order valence-corrected chi connectivity index (χ1v) is 7.58. The lowest BCUT2D eigenvalue weighted by molar-refractivity contribution is 1.16. The molecule has 0 bridgehead atoms. The summed E-state index contributed by atoms with van der Waals surface area (Å²) in [6.45, 7) is 4.17. The minimum absolute atomic E-state index is 0.182. The zero-order chi connectivity index (χ0) is 12.6. The van der Waals surface area contributed by atoms with E-state index in [0.717, 1.165) is 10.0 Å². The molecule has 1 aromatic carbocycles. The van der Waals surface area contributed by atoms with Crippen molar-refractivity contribution in [3.8, 4) is 0 Å². The quantitative estimate of drug-likeness (QED) is 0.574. The van der Waals surface area contributed by atoms with Crippen LogP contribution in [0.3, 0.4) is 0 Å². The average molecular weight is 350 g/mol. The van der Waals surface area contributed by atoms with Crippen molar-refractivity contribution in [2.75, 3.05) is 0 Å². The Balaban J connectivity index is 2.47. The summed E-state index contributed by atoms with van der Waals surface area (Å²) >= 11 is 18.0. The van der Waals surface area contributed by atoms with Gasteiger partial charge in [0, 0.05) is 14.2 Å². The first-order valence-electron chi connectivity index (χ1n) is 5.15. The van der Waals surface area contributed by atoms with Crippen molar-refractivity contribution < 1.29 is 0 Å². The summed E-state index contributed by atoms with van der Waals surface area (Å²) < 4.78 is 0.883. The molecular weight excluding hydrogens is 339 g/mol. The lowest BCUT2D eigenvalue weighted by Crippen LogP contribution is -1.93. The maximum absolute atomic E-state index is 6.53. The van der Waals surface area contributed by atoms with Crippen LogP contribution in [0.1, 0.15) is 26.3 Å². The van der Waals surface area contributed by atoms with Crippen LogP contribution in [-0.4, -0.2) is 0 Å². The lowest BCUT2D eigenvalue weighted by Gasteiger charge is -2.12. The number of benzene rings is 1. The highest BCUT2D eigenvalue weighted by Crippen LogP contribution is 2.41. The van der Waals surface area contributed by atoms with Crippen LogP contribution in [-0.2, 0) is 0 Å². The maximum Gasteiger partial charge on any atom is 0.0945 e. The first kappa shape index (κ1) is 13.4. The van der Waals surface area contributed by atoms with Gasteiger partial charge in [0.1, 0.15) is 0 Å². The van der Waals surface area contributed by atoms with Crippen molar-refractivity contribution in [1.29, 1.82) is 0 Å². The van der Waals surface area contributed by atoms with Crippen molar-refractivity contribution >= 4 is 50.5 Å². The Bertz CT molecular complexity index is 548. The molecule has 2 rings (SSSR count). The number of hydrogen-bond acceptors (Lipinski definition) is 1. The third-order valence-corrected chi connectivity index (χ3v) is 5.68. The predicted molar refractivity (Wildman–Crippen MR) is 80.6 cm³/mol. The molecule has 90 valence electrons. The molecule has 0 N–H and O–H groups in total. The van der Waals surface area contributed by atoms with E-state index in [-0.39, 0.29) is 5.38 Å². The Hall–Kier alpha value is -0.0200. The molecule has 0 saturated carbocycles. The normalized spacial score (nSPS) is 12.8. The first-order chi connectivity index (χ1) is 8.00. The predicted octanol–water partition coefficient (Wildman–Crippen LogP) is 6.11. The van der Waals surface area contributed by atoms with Crippen molar-refractivity contribution in [1.82, 2.24) is 0 Å². The standard InChI is InChI=1S/C13H11BrCl2S/c1-7-6-8(2)17-13(7)12(16)9-4-3-5-10(14)11(9)15/h3-6,12H,1-2H3. The van der Waals surface area contributed by atoms with E-state index in [1.165, 1.54) is 15.3 Å². The molecule has 0 spiro atoms. The van der Waals surface area contributed by atoms with Crippen LogP contribution in [0, 0.1) is 13.8 Å². The highest BCUT2D eigenvalue weighted by Gasteiger charge is 2.19. The highest BCUT2D eigenvalue weighted by atomic mass is 79.9. The fourth-order valence-corrected chi connectivity index (χ4v) is 3.96. The smallest absolute Gasteiger partial charge is 0.0945 e. The van der Waals surface area contributed by atoms with E-state index in [2.05, 4.69) is 35.8 Å². The molecule has 0 aliphatic heterocycles. The molecule has 1 aromatic heterocycles. The van der Waals surface area contributed by atoms with Gasteiger partial charge in [-0.25, -0.2) is 0 Å². The number of thiophene rings is 1.